The first-order valence-corrected chi connectivity index (χ1v) is 12.3. The molecule has 6 heteroatoms. The van der Waals surface area contributed by atoms with Gasteiger partial charge in [0.25, 0.3) is 0 Å². The van der Waals surface area contributed by atoms with Gasteiger partial charge in [0.1, 0.15) is 5.82 Å². The number of carbonyl (C=O) groups excluding carboxylic acids is 1. The van der Waals surface area contributed by atoms with Crippen molar-refractivity contribution in [3.05, 3.63) is 50.3 Å². The number of nitrogens with zero attached hydrogens (tertiary/aromatic N) is 2. The highest BCUT2D eigenvalue weighted by molar-refractivity contribution is 5.85. The first kappa shape index (κ1) is 30.0. The molecule has 3 aromatic rings. The molecule has 0 radical (unpaired) electrons. The zero-order valence-electron chi connectivity index (χ0n) is 24.2. The number of anilines is 2. The second kappa shape index (κ2) is 12.6. The van der Waals surface area contributed by atoms with E-state index in [1.54, 1.807) is 6.92 Å². The molecule has 0 aliphatic rings. The Morgan fingerprint density at radius 2 is 1.34 bits per heavy atom. The van der Waals surface area contributed by atoms with Gasteiger partial charge in [-0.25, -0.2) is 4.98 Å². The molecule has 1 aromatic heterocycles. The molecule has 2 aromatic carbocycles. The second-order valence-corrected chi connectivity index (χ2v) is 9.11. The molecule has 0 aliphatic carbocycles. The van der Waals surface area contributed by atoms with Crippen LogP contribution in [-0.2, 0) is 23.0 Å². The van der Waals surface area contributed by atoms with Crippen LogP contribution in [0.3, 0.4) is 0 Å². The predicted molar refractivity (Wildman–Crippen MR) is 151 cm³/mol. The molecule has 0 amide bonds. The average molecular weight is 483 g/mol. The summed E-state index contributed by atoms with van der Waals surface area (Å²) in [5.74, 6) is 1.02. The predicted octanol–water partition coefficient (Wildman–Crippen LogP) is 6.48. The Hall–Kier alpha value is -3.02. The fourth-order valence-corrected chi connectivity index (χ4v) is 4.28. The molecule has 0 bridgehead atoms. The molecular formula is C29H46N4O2. The minimum atomic E-state index is -0.157. The summed E-state index contributed by atoms with van der Waals surface area (Å²) in [6, 6.07) is 0. The lowest BCUT2D eigenvalue weighted by molar-refractivity contribution is -0.140. The first-order valence-electron chi connectivity index (χ1n) is 12.3. The number of hydrogen-bond donors (Lipinski definition) is 2. The number of nitrogens with two attached hydrogens (primary N) is 1. The lowest BCUT2D eigenvalue weighted by Gasteiger charge is -2.17. The van der Waals surface area contributed by atoms with Gasteiger partial charge in [-0.05, 0) is 99.9 Å². The average Bonchev–Trinajstić information content (AvgIpc) is 3.20. The molecule has 3 N–H and O–H groups in total. The Morgan fingerprint density at radius 1 is 0.857 bits per heavy atom. The highest BCUT2D eigenvalue weighted by Crippen LogP contribution is 2.32. The Labute approximate surface area is 212 Å². The maximum Gasteiger partial charge on any atom is 0.305 e. The fourth-order valence-electron chi connectivity index (χ4n) is 4.28. The number of methoxy groups -OCH3 is 1. The smallest absolute Gasteiger partial charge is 0.305 e. The number of fused-ring (bicyclic) bond motifs is 1. The lowest BCUT2D eigenvalue weighted by atomic mass is 9.96. The molecule has 0 atom stereocenters. The number of hydrogen-bond acceptors (Lipinski definition) is 5. The van der Waals surface area contributed by atoms with Crippen molar-refractivity contribution in [2.75, 3.05) is 25.2 Å². The molecule has 6 nitrogen and oxygen atoms in total. The number of carbonyl (C=O) groups is 1. The third-order valence-corrected chi connectivity index (χ3v) is 7.40. The van der Waals surface area contributed by atoms with Gasteiger partial charge in [-0.1, -0.05) is 13.8 Å². The summed E-state index contributed by atoms with van der Waals surface area (Å²) in [6.45, 7) is 21.1. The van der Waals surface area contributed by atoms with Crippen molar-refractivity contribution in [3.8, 4) is 0 Å². The summed E-state index contributed by atoms with van der Waals surface area (Å²) in [7, 11) is 5.41. The van der Waals surface area contributed by atoms with Crippen molar-refractivity contribution in [1.29, 1.82) is 0 Å². The van der Waals surface area contributed by atoms with E-state index in [4.69, 9.17) is 10.7 Å². The number of rotatable bonds is 3. The Balaban J connectivity index is 0.000000290. The summed E-state index contributed by atoms with van der Waals surface area (Å²) in [5.41, 5.74) is 21.0. The highest BCUT2D eigenvalue weighted by Gasteiger charge is 2.15. The van der Waals surface area contributed by atoms with Gasteiger partial charge >= 0.3 is 5.97 Å². The van der Waals surface area contributed by atoms with Crippen LogP contribution in [0.4, 0.5) is 11.4 Å². The van der Waals surface area contributed by atoms with Crippen LogP contribution < -0.4 is 11.1 Å². The van der Waals surface area contributed by atoms with Crippen molar-refractivity contribution in [2.24, 2.45) is 7.05 Å². The van der Waals surface area contributed by atoms with E-state index in [1.165, 1.54) is 68.5 Å². The first-order chi connectivity index (χ1) is 16.3. The molecule has 0 aliphatic heterocycles. The van der Waals surface area contributed by atoms with Crippen LogP contribution in [0.15, 0.2) is 0 Å². The number of esters is 1. The van der Waals surface area contributed by atoms with E-state index >= 15 is 0 Å². The van der Waals surface area contributed by atoms with Crippen molar-refractivity contribution in [2.45, 2.75) is 82.1 Å². The topological polar surface area (TPSA) is 82.2 Å². The zero-order valence-corrected chi connectivity index (χ0v) is 24.2. The van der Waals surface area contributed by atoms with Gasteiger partial charge in [0.05, 0.1) is 29.5 Å². The van der Waals surface area contributed by atoms with E-state index in [1.807, 2.05) is 7.05 Å². The molecule has 0 saturated heterocycles. The standard InChI is InChI=1S/C14H20N2.C11H18N2.C4H8O2/c1-7-12-15-13-10(4)8(2)9(3)11(5)14(13)16(12)6;1-6-7(2)9(4)11(13-5)10(12)8(6)3;1-3-4(5)6-2/h7H2,1-6H3;13H,12H2,1-5H3;3H2,1-2H3. The quantitative estimate of drug-likeness (QED) is 0.330. The molecule has 0 unspecified atom stereocenters. The van der Waals surface area contributed by atoms with Crippen molar-refractivity contribution >= 4 is 28.4 Å². The third-order valence-electron chi connectivity index (χ3n) is 7.40. The van der Waals surface area contributed by atoms with Gasteiger partial charge in [0.15, 0.2) is 0 Å². The largest absolute Gasteiger partial charge is 0.469 e. The summed E-state index contributed by atoms with van der Waals surface area (Å²) >= 11 is 0. The number of ether oxygens (including phenoxy) is 1. The molecule has 3 rings (SSSR count). The summed E-state index contributed by atoms with van der Waals surface area (Å²) in [6.07, 6.45) is 1.46. The van der Waals surface area contributed by atoms with Gasteiger partial charge in [0, 0.05) is 26.9 Å². The monoisotopic (exact) mass is 482 g/mol. The van der Waals surface area contributed by atoms with Crippen LogP contribution in [0.1, 0.15) is 70.6 Å². The molecular weight excluding hydrogens is 436 g/mol. The number of nitrogen functional groups attached to an aromatic ring is 1. The second-order valence-electron chi connectivity index (χ2n) is 9.11. The van der Waals surface area contributed by atoms with Gasteiger partial charge < -0.3 is 20.4 Å². The number of benzene rings is 2. The molecule has 194 valence electrons. The Morgan fingerprint density at radius 3 is 1.77 bits per heavy atom. The summed E-state index contributed by atoms with van der Waals surface area (Å²) in [5, 5.41) is 3.15. The fraction of sp³-hybridized carbons (Fsp3) is 0.517. The number of imidazole rings is 1. The van der Waals surface area contributed by atoms with Crippen LogP contribution in [0.25, 0.3) is 11.0 Å². The minimum Gasteiger partial charge on any atom is -0.469 e. The third kappa shape index (κ3) is 6.16. The Bertz CT molecular complexity index is 1170. The molecule has 0 saturated carbocycles. The van der Waals surface area contributed by atoms with Crippen LogP contribution >= 0.6 is 0 Å². The van der Waals surface area contributed by atoms with Crippen molar-refractivity contribution < 1.29 is 9.53 Å². The molecule has 0 spiro atoms. The van der Waals surface area contributed by atoms with Gasteiger partial charge in [-0.3, -0.25) is 4.79 Å². The van der Waals surface area contributed by atoms with Crippen LogP contribution in [0, 0.1) is 55.4 Å². The van der Waals surface area contributed by atoms with Crippen molar-refractivity contribution in [3.63, 3.8) is 0 Å². The van der Waals surface area contributed by atoms with E-state index in [-0.39, 0.29) is 5.97 Å². The summed E-state index contributed by atoms with van der Waals surface area (Å²) in [4.78, 5) is 14.7. The van der Waals surface area contributed by atoms with E-state index in [0.29, 0.717) is 6.42 Å². The van der Waals surface area contributed by atoms with Crippen LogP contribution in [0.5, 0.6) is 0 Å². The Kier molecular flexibility index (Phi) is 10.8. The maximum atomic E-state index is 9.96. The van der Waals surface area contributed by atoms with E-state index in [9.17, 15) is 4.79 Å². The number of aromatic nitrogens is 2. The lowest BCUT2D eigenvalue weighted by Crippen LogP contribution is -2.04. The SMILES string of the molecule is CCC(=O)OC.CCc1nc2c(C)c(C)c(C)c(C)c2n1C.CNc1c(C)c(C)c(C)c(C)c1N. The van der Waals surface area contributed by atoms with Crippen LogP contribution in [0.2, 0.25) is 0 Å². The van der Waals surface area contributed by atoms with Gasteiger partial charge in [-0.15, -0.1) is 0 Å². The minimum absolute atomic E-state index is 0.157. The number of aryl methyl sites for hydroxylation is 4. The zero-order chi connectivity index (χ0) is 27.2. The molecule has 0 fully saturated rings. The highest BCUT2D eigenvalue weighted by atomic mass is 16.5. The van der Waals surface area contributed by atoms with Gasteiger partial charge in [0.2, 0.25) is 0 Å². The van der Waals surface area contributed by atoms with E-state index in [0.717, 1.165) is 17.8 Å². The molecule has 1 heterocycles. The van der Waals surface area contributed by atoms with Crippen LogP contribution in [-0.4, -0.2) is 29.7 Å². The van der Waals surface area contributed by atoms with E-state index < -0.39 is 0 Å². The maximum absolute atomic E-state index is 9.96. The normalized spacial score (nSPS) is 10.3. The summed E-state index contributed by atoms with van der Waals surface area (Å²) < 4.78 is 6.50. The molecule has 35 heavy (non-hydrogen) atoms. The van der Waals surface area contributed by atoms with Crippen molar-refractivity contribution in [1.82, 2.24) is 9.55 Å². The van der Waals surface area contributed by atoms with Gasteiger partial charge in [-0.2, -0.15) is 0 Å². The number of nitrogens with one attached hydrogen (secondary N) is 1. The van der Waals surface area contributed by atoms with E-state index in [2.05, 4.69) is 84.0 Å².